The van der Waals surface area contributed by atoms with Gasteiger partial charge in [0.05, 0.1) is 25.6 Å². The van der Waals surface area contributed by atoms with Gasteiger partial charge in [0.15, 0.2) is 17.0 Å². The molecule has 0 spiro atoms. The first-order valence-electron chi connectivity index (χ1n) is 19.7. The number of unbranched alkanes of at least 4 members (excludes halogenated alkanes) is 6. The van der Waals surface area contributed by atoms with Crippen LogP contribution in [0.25, 0.3) is 11.2 Å². The van der Waals surface area contributed by atoms with Crippen molar-refractivity contribution in [1.29, 1.82) is 0 Å². The molecule has 1 aliphatic heterocycles. The molecule has 13 nitrogen and oxygen atoms in total. The predicted molar refractivity (Wildman–Crippen MR) is 208 cm³/mol. The number of halogens is 3. The van der Waals surface area contributed by atoms with Crippen molar-refractivity contribution in [3.63, 3.8) is 0 Å². The van der Waals surface area contributed by atoms with Crippen LogP contribution in [0, 0.1) is 23.6 Å². The highest BCUT2D eigenvalue weighted by atomic mass is 31.2. The summed E-state index contributed by atoms with van der Waals surface area (Å²) in [5, 5.41) is 13.9. The van der Waals surface area contributed by atoms with Crippen molar-refractivity contribution < 1.29 is 46.2 Å². The minimum Gasteiger partial charge on any atom is -0.464 e. The van der Waals surface area contributed by atoms with Crippen molar-refractivity contribution in [2.24, 2.45) is 5.92 Å². The normalized spacial score (nSPS) is 19.9. The third-order valence-electron chi connectivity index (χ3n) is 10.1. The number of carbonyl (C=O) groups excluding carboxylic acids is 1. The van der Waals surface area contributed by atoms with Gasteiger partial charge < -0.3 is 24.8 Å². The van der Waals surface area contributed by atoms with Crippen molar-refractivity contribution >= 4 is 30.7 Å². The van der Waals surface area contributed by atoms with E-state index in [9.17, 15) is 27.6 Å². The van der Waals surface area contributed by atoms with E-state index in [1.807, 2.05) is 0 Å². The summed E-state index contributed by atoms with van der Waals surface area (Å²) >= 11 is 0. The first-order chi connectivity index (χ1) is 27.3. The second kappa shape index (κ2) is 20.6. The number of nitrogens with two attached hydrogens (primary N) is 1. The van der Waals surface area contributed by atoms with Gasteiger partial charge in [-0.05, 0) is 61.9 Å². The minimum absolute atomic E-state index is 0.0216. The van der Waals surface area contributed by atoms with Gasteiger partial charge in [0.1, 0.15) is 35.3 Å². The van der Waals surface area contributed by atoms with Gasteiger partial charge in [-0.2, -0.15) is 19.4 Å². The number of benzene rings is 2. The number of nitrogens with zero attached hydrogens (tertiary/aromatic N) is 4. The van der Waals surface area contributed by atoms with Crippen LogP contribution < -0.4 is 15.3 Å². The van der Waals surface area contributed by atoms with E-state index in [1.165, 1.54) is 30.0 Å². The number of aromatic nitrogens is 4. The number of fused-ring (bicyclic) bond motifs is 1. The third-order valence-corrected chi connectivity index (χ3v) is 11.7. The van der Waals surface area contributed by atoms with Gasteiger partial charge in [0, 0.05) is 12.5 Å². The number of carbonyl (C=O) groups is 1. The number of nitrogen functional groups attached to an aromatic ring is 1. The van der Waals surface area contributed by atoms with Crippen LogP contribution in [0.5, 0.6) is 5.75 Å². The van der Waals surface area contributed by atoms with Gasteiger partial charge in [-0.25, -0.2) is 18.3 Å². The molecule has 4 N–H and O–H groups in total. The Kier molecular flexibility index (Phi) is 15.9. The summed E-state index contributed by atoms with van der Waals surface area (Å²) in [6.07, 6.45) is 8.06. The Morgan fingerprint density at radius 3 is 2.35 bits per heavy atom. The highest BCUT2D eigenvalue weighted by Gasteiger charge is 2.48. The fourth-order valence-corrected chi connectivity index (χ4v) is 8.48. The molecule has 0 bridgehead atoms. The van der Waals surface area contributed by atoms with Crippen molar-refractivity contribution in [1.82, 2.24) is 24.6 Å². The van der Waals surface area contributed by atoms with Crippen LogP contribution in [-0.4, -0.2) is 61.6 Å². The Balaban J connectivity index is 1.38. The summed E-state index contributed by atoms with van der Waals surface area (Å²) < 4.78 is 83.1. The van der Waals surface area contributed by atoms with E-state index in [0.29, 0.717) is 6.07 Å². The molecule has 0 radical (unpaired) electrons. The Morgan fingerprint density at radius 1 is 1.04 bits per heavy atom. The van der Waals surface area contributed by atoms with Crippen LogP contribution in [0.15, 0.2) is 54.9 Å². The standard InChI is InChI=1S/C40H54F3N6O7P/c1-4-6-8-11-15-27(16-12-9-7-5-2)24-53-38(51)32(21-28-19-29(41)22-30(42)20-28)48-57(52,56-31-17-13-10-14-18-31)54-25-40(3)33(50)23-34(55-40)49-26-45-35-36(44)46-39(43)47-37(35)49/h10,13-14,17-20,22,26-27,32-34,50H,4-9,11-12,15-16,21,23-25H2,1-3H3,(H,48,52)(H2,44,46,47)/t32-,33-,34+,40+,57?/m0/s1. The summed E-state index contributed by atoms with van der Waals surface area (Å²) in [4.78, 5) is 25.4. The Hall–Kier alpha value is -4.08. The SMILES string of the molecule is CCCCCCC(CCCCCC)COC(=O)[C@H](Cc1cc(F)cc(F)c1)NP(=O)(OC[C@@]1(C)O[C@@H](n2cnc3c(N)nc(F)nc32)C[C@@H]1O)Oc1ccccc1. The second-order valence-corrected chi connectivity index (χ2v) is 16.6. The number of hydrogen-bond acceptors (Lipinski definition) is 11. The van der Waals surface area contributed by atoms with Gasteiger partial charge in [-0.15, -0.1) is 0 Å². The van der Waals surface area contributed by atoms with Crippen LogP contribution >= 0.6 is 7.75 Å². The average molecular weight is 819 g/mol. The van der Waals surface area contributed by atoms with Crippen LogP contribution in [0.4, 0.5) is 19.0 Å². The van der Waals surface area contributed by atoms with Gasteiger partial charge >= 0.3 is 19.8 Å². The molecule has 3 heterocycles. The zero-order valence-corrected chi connectivity index (χ0v) is 33.6. The number of hydrogen-bond donors (Lipinski definition) is 3. The summed E-state index contributed by atoms with van der Waals surface area (Å²) in [5.41, 5.74) is 4.58. The van der Waals surface area contributed by atoms with E-state index in [1.54, 1.807) is 18.2 Å². The second-order valence-electron chi connectivity index (χ2n) is 14.9. The fraction of sp³-hybridized carbons (Fsp3) is 0.550. The largest absolute Gasteiger partial charge is 0.464 e. The molecular weight excluding hydrogens is 764 g/mol. The lowest BCUT2D eigenvalue weighted by molar-refractivity contribution is -0.147. The number of anilines is 1. The molecular formula is C40H54F3N6O7P. The monoisotopic (exact) mass is 818 g/mol. The molecule has 312 valence electrons. The molecule has 0 saturated carbocycles. The number of imidazole rings is 1. The summed E-state index contributed by atoms with van der Waals surface area (Å²) in [6.45, 7) is 5.39. The van der Waals surface area contributed by atoms with Crippen molar-refractivity contribution in [2.45, 2.75) is 122 Å². The quantitative estimate of drug-likeness (QED) is 0.0283. The van der Waals surface area contributed by atoms with Crippen LogP contribution in [0.3, 0.4) is 0 Å². The van der Waals surface area contributed by atoms with E-state index in [0.717, 1.165) is 76.3 Å². The molecule has 2 aromatic carbocycles. The Bertz CT molecular complexity index is 1930. The summed E-state index contributed by atoms with van der Waals surface area (Å²) in [6, 6.07) is 9.49. The topological polar surface area (TPSA) is 173 Å². The predicted octanol–water partition coefficient (Wildman–Crippen LogP) is 8.37. The number of ether oxygens (including phenoxy) is 2. The maximum Gasteiger partial charge on any atom is 0.459 e. The molecule has 0 aliphatic carbocycles. The molecule has 4 aromatic rings. The van der Waals surface area contributed by atoms with Crippen LogP contribution in [-0.2, 0) is 29.8 Å². The lowest BCUT2D eigenvalue weighted by Gasteiger charge is -2.31. The maximum atomic E-state index is 14.8. The minimum atomic E-state index is -4.60. The average Bonchev–Trinajstić information content (AvgIpc) is 3.72. The van der Waals surface area contributed by atoms with E-state index < -0.39 is 62.0 Å². The molecule has 1 saturated heterocycles. The van der Waals surface area contributed by atoms with Crippen molar-refractivity contribution in [3.05, 3.63) is 78.1 Å². The van der Waals surface area contributed by atoms with Gasteiger partial charge in [0.25, 0.3) is 0 Å². The number of nitrogens with one attached hydrogen (secondary N) is 1. The van der Waals surface area contributed by atoms with Gasteiger partial charge in [-0.3, -0.25) is 13.9 Å². The number of para-hydroxylation sites is 1. The fourth-order valence-electron chi connectivity index (χ4n) is 6.89. The molecule has 1 aliphatic rings. The summed E-state index contributed by atoms with van der Waals surface area (Å²) in [5.74, 6) is -2.47. The zero-order valence-electron chi connectivity index (χ0n) is 32.7. The summed E-state index contributed by atoms with van der Waals surface area (Å²) in [7, 11) is -4.60. The smallest absolute Gasteiger partial charge is 0.459 e. The van der Waals surface area contributed by atoms with Gasteiger partial charge in [0.2, 0.25) is 0 Å². The third kappa shape index (κ3) is 12.5. The zero-order chi connectivity index (χ0) is 41.0. The highest BCUT2D eigenvalue weighted by Crippen LogP contribution is 2.48. The van der Waals surface area contributed by atoms with Crippen molar-refractivity contribution in [3.8, 4) is 5.75 Å². The number of rotatable bonds is 23. The molecule has 2 aromatic heterocycles. The maximum absolute atomic E-state index is 14.8. The molecule has 17 heteroatoms. The van der Waals surface area contributed by atoms with Crippen LogP contribution in [0.2, 0.25) is 0 Å². The first kappa shape index (κ1) is 44.0. The number of aliphatic hydroxyl groups excluding tert-OH is 1. The van der Waals surface area contributed by atoms with E-state index in [-0.39, 0.29) is 53.7 Å². The lowest BCUT2D eigenvalue weighted by Crippen LogP contribution is -2.43. The lowest BCUT2D eigenvalue weighted by atomic mass is 9.95. The number of aliphatic hydroxyl groups is 1. The van der Waals surface area contributed by atoms with E-state index >= 15 is 0 Å². The molecule has 5 atom stereocenters. The highest BCUT2D eigenvalue weighted by molar-refractivity contribution is 7.52. The molecule has 0 amide bonds. The number of esters is 1. The molecule has 1 fully saturated rings. The van der Waals surface area contributed by atoms with Crippen LogP contribution in [0.1, 0.15) is 103 Å². The van der Waals surface area contributed by atoms with Crippen molar-refractivity contribution in [2.75, 3.05) is 18.9 Å². The molecule has 5 rings (SSSR count). The van der Waals surface area contributed by atoms with E-state index in [4.69, 9.17) is 24.3 Å². The molecule has 1 unspecified atom stereocenters. The Morgan fingerprint density at radius 2 is 1.70 bits per heavy atom. The molecule has 57 heavy (non-hydrogen) atoms. The van der Waals surface area contributed by atoms with E-state index in [2.05, 4.69) is 33.9 Å². The Labute approximate surface area is 331 Å². The van der Waals surface area contributed by atoms with Gasteiger partial charge in [-0.1, -0.05) is 83.4 Å². The first-order valence-corrected chi connectivity index (χ1v) is 21.3.